The van der Waals surface area contributed by atoms with E-state index < -0.39 is 0 Å². The molecule has 1 fully saturated rings. The molecule has 4 rings (SSSR count). The predicted molar refractivity (Wildman–Crippen MR) is 91.2 cm³/mol. The number of rotatable bonds is 3. The van der Waals surface area contributed by atoms with Crippen molar-refractivity contribution in [3.8, 4) is 0 Å². The Morgan fingerprint density at radius 2 is 1.77 bits per heavy atom. The van der Waals surface area contributed by atoms with Gasteiger partial charge in [-0.3, -0.25) is 5.10 Å². The topological polar surface area (TPSA) is 40.7 Å². The highest BCUT2D eigenvalue weighted by Crippen LogP contribution is 2.34. The number of aromatic nitrogens is 2. The lowest BCUT2D eigenvalue weighted by molar-refractivity contribution is 0.412. The largest absolute Gasteiger partial charge is 0.382 e. The van der Waals surface area contributed by atoms with Crippen LogP contribution in [0.25, 0.3) is 10.9 Å². The summed E-state index contributed by atoms with van der Waals surface area (Å²) in [4.78, 5) is 0. The fourth-order valence-electron chi connectivity index (χ4n) is 3.56. The van der Waals surface area contributed by atoms with Crippen LogP contribution in [0.5, 0.6) is 0 Å². The van der Waals surface area contributed by atoms with Crippen molar-refractivity contribution in [1.29, 1.82) is 0 Å². The van der Waals surface area contributed by atoms with Gasteiger partial charge in [-0.25, -0.2) is 0 Å². The molecule has 0 saturated heterocycles. The standard InChI is InChI=1S/C19H21N3/c1-2-4-14(5-3-1)15-6-9-17(10-7-15)21-18-11-8-16-13-20-22-19(16)12-18/h1-5,8,11-13,15,17,21H,6-7,9-10H2,(H,20,22). The maximum atomic E-state index is 4.08. The summed E-state index contributed by atoms with van der Waals surface area (Å²) in [6.07, 6.45) is 6.88. The van der Waals surface area contributed by atoms with Gasteiger partial charge in [-0.05, 0) is 55.4 Å². The van der Waals surface area contributed by atoms with Gasteiger partial charge in [0.25, 0.3) is 0 Å². The monoisotopic (exact) mass is 291 g/mol. The van der Waals surface area contributed by atoms with Crippen molar-refractivity contribution in [3.05, 3.63) is 60.3 Å². The molecule has 2 aromatic carbocycles. The number of aromatic amines is 1. The summed E-state index contributed by atoms with van der Waals surface area (Å²) in [5.74, 6) is 0.731. The van der Waals surface area contributed by atoms with Gasteiger partial charge in [-0.1, -0.05) is 30.3 Å². The maximum Gasteiger partial charge on any atom is 0.0670 e. The minimum Gasteiger partial charge on any atom is -0.382 e. The number of H-pyrrole nitrogens is 1. The lowest BCUT2D eigenvalue weighted by Crippen LogP contribution is -2.25. The molecule has 0 atom stereocenters. The molecule has 1 aliphatic carbocycles. The second kappa shape index (κ2) is 5.84. The molecule has 0 bridgehead atoms. The van der Waals surface area contributed by atoms with Crippen molar-refractivity contribution in [3.63, 3.8) is 0 Å². The van der Waals surface area contributed by atoms with Crippen LogP contribution in [0.1, 0.15) is 37.2 Å². The number of nitrogens with zero attached hydrogens (tertiary/aromatic N) is 1. The number of hydrogen-bond acceptors (Lipinski definition) is 2. The van der Waals surface area contributed by atoms with E-state index in [4.69, 9.17) is 0 Å². The molecule has 112 valence electrons. The molecule has 1 aliphatic rings. The molecule has 2 N–H and O–H groups in total. The number of benzene rings is 2. The van der Waals surface area contributed by atoms with Crippen molar-refractivity contribution in [2.24, 2.45) is 0 Å². The SMILES string of the molecule is c1ccc(C2CCC(Nc3ccc4cn[nH]c4c3)CC2)cc1. The number of fused-ring (bicyclic) bond motifs is 1. The van der Waals surface area contributed by atoms with Crippen LogP contribution in [0.15, 0.2) is 54.7 Å². The molecule has 3 heteroatoms. The van der Waals surface area contributed by atoms with Crippen molar-refractivity contribution in [2.45, 2.75) is 37.6 Å². The van der Waals surface area contributed by atoms with Crippen molar-refractivity contribution >= 4 is 16.6 Å². The molecule has 3 aromatic rings. The van der Waals surface area contributed by atoms with Gasteiger partial charge < -0.3 is 5.32 Å². The zero-order valence-electron chi connectivity index (χ0n) is 12.6. The van der Waals surface area contributed by atoms with Crippen LogP contribution in [0.4, 0.5) is 5.69 Å². The van der Waals surface area contributed by atoms with Crippen LogP contribution in [0, 0.1) is 0 Å². The minimum absolute atomic E-state index is 0.584. The van der Waals surface area contributed by atoms with E-state index in [0.717, 1.165) is 11.4 Å². The van der Waals surface area contributed by atoms with Crippen LogP contribution in [-0.2, 0) is 0 Å². The Hall–Kier alpha value is -2.29. The molecule has 0 unspecified atom stereocenters. The first-order valence-corrected chi connectivity index (χ1v) is 8.13. The number of nitrogens with one attached hydrogen (secondary N) is 2. The summed E-state index contributed by atoms with van der Waals surface area (Å²) in [5, 5.41) is 12.0. The fraction of sp³-hybridized carbons (Fsp3) is 0.316. The van der Waals surface area contributed by atoms with Gasteiger partial charge >= 0.3 is 0 Å². The summed E-state index contributed by atoms with van der Waals surface area (Å²) < 4.78 is 0. The number of hydrogen-bond donors (Lipinski definition) is 2. The predicted octanol–water partition coefficient (Wildman–Crippen LogP) is 4.70. The van der Waals surface area contributed by atoms with Crippen LogP contribution >= 0.6 is 0 Å². The quantitative estimate of drug-likeness (QED) is 0.734. The average molecular weight is 291 g/mol. The highest BCUT2D eigenvalue weighted by atomic mass is 15.1. The van der Waals surface area contributed by atoms with Gasteiger partial charge in [0, 0.05) is 17.1 Å². The van der Waals surface area contributed by atoms with Crippen LogP contribution in [-0.4, -0.2) is 16.2 Å². The first-order chi connectivity index (χ1) is 10.9. The molecule has 22 heavy (non-hydrogen) atoms. The number of anilines is 1. The third kappa shape index (κ3) is 2.71. The molecular formula is C19H21N3. The van der Waals surface area contributed by atoms with Gasteiger partial charge in [0.2, 0.25) is 0 Å². The van der Waals surface area contributed by atoms with E-state index in [0.29, 0.717) is 6.04 Å². The Bertz CT molecular complexity index is 739. The molecule has 0 spiro atoms. The molecular weight excluding hydrogens is 270 g/mol. The molecule has 1 saturated carbocycles. The van der Waals surface area contributed by atoms with E-state index in [2.05, 4.69) is 64.0 Å². The lowest BCUT2D eigenvalue weighted by atomic mass is 9.82. The van der Waals surface area contributed by atoms with Gasteiger partial charge in [0.05, 0.1) is 11.7 Å². The molecule has 0 radical (unpaired) electrons. The van der Waals surface area contributed by atoms with Crippen LogP contribution in [0.3, 0.4) is 0 Å². The third-order valence-corrected chi connectivity index (χ3v) is 4.81. The smallest absolute Gasteiger partial charge is 0.0670 e. The highest BCUT2D eigenvalue weighted by molar-refractivity contribution is 5.81. The Kier molecular flexibility index (Phi) is 3.55. The maximum absolute atomic E-state index is 4.08. The first kappa shape index (κ1) is 13.4. The fourth-order valence-corrected chi connectivity index (χ4v) is 3.56. The zero-order chi connectivity index (χ0) is 14.8. The molecule has 0 amide bonds. The van der Waals surface area contributed by atoms with E-state index in [1.54, 1.807) is 0 Å². The average Bonchev–Trinajstić information content (AvgIpc) is 3.04. The minimum atomic E-state index is 0.584. The molecule has 3 nitrogen and oxygen atoms in total. The third-order valence-electron chi connectivity index (χ3n) is 4.81. The van der Waals surface area contributed by atoms with E-state index in [1.165, 1.54) is 42.3 Å². The lowest BCUT2D eigenvalue weighted by Gasteiger charge is -2.30. The second-order valence-electron chi connectivity index (χ2n) is 6.28. The van der Waals surface area contributed by atoms with Crippen molar-refractivity contribution in [1.82, 2.24) is 10.2 Å². The van der Waals surface area contributed by atoms with Crippen molar-refractivity contribution < 1.29 is 0 Å². The first-order valence-electron chi connectivity index (χ1n) is 8.13. The molecule has 1 aromatic heterocycles. The second-order valence-corrected chi connectivity index (χ2v) is 6.28. The highest BCUT2D eigenvalue weighted by Gasteiger charge is 2.22. The van der Waals surface area contributed by atoms with Crippen LogP contribution < -0.4 is 5.32 Å². The molecule has 1 heterocycles. The van der Waals surface area contributed by atoms with E-state index >= 15 is 0 Å². The summed E-state index contributed by atoms with van der Waals surface area (Å²) >= 11 is 0. The van der Waals surface area contributed by atoms with Gasteiger partial charge in [0.15, 0.2) is 0 Å². The summed E-state index contributed by atoms with van der Waals surface area (Å²) in [5.41, 5.74) is 3.79. The van der Waals surface area contributed by atoms with E-state index in [9.17, 15) is 0 Å². The normalized spacial score (nSPS) is 21.8. The summed E-state index contributed by atoms with van der Waals surface area (Å²) in [7, 11) is 0. The van der Waals surface area contributed by atoms with Crippen LogP contribution in [0.2, 0.25) is 0 Å². The summed E-state index contributed by atoms with van der Waals surface area (Å²) in [6, 6.07) is 18.0. The Morgan fingerprint density at radius 3 is 2.59 bits per heavy atom. The Morgan fingerprint density at radius 1 is 0.955 bits per heavy atom. The van der Waals surface area contributed by atoms with E-state index in [1.807, 2.05) is 6.20 Å². The van der Waals surface area contributed by atoms with Gasteiger partial charge in [0.1, 0.15) is 0 Å². The van der Waals surface area contributed by atoms with E-state index in [-0.39, 0.29) is 0 Å². The van der Waals surface area contributed by atoms with Gasteiger partial charge in [-0.2, -0.15) is 5.10 Å². The Balaban J connectivity index is 1.39. The summed E-state index contributed by atoms with van der Waals surface area (Å²) in [6.45, 7) is 0. The van der Waals surface area contributed by atoms with Gasteiger partial charge in [-0.15, -0.1) is 0 Å². The van der Waals surface area contributed by atoms with Crippen molar-refractivity contribution in [2.75, 3.05) is 5.32 Å². The zero-order valence-corrected chi connectivity index (χ0v) is 12.6. The molecule has 0 aliphatic heterocycles. The Labute approximate surface area is 130 Å².